The smallest absolute Gasteiger partial charge is 0.135 e. The second-order valence-electron chi connectivity index (χ2n) is 4.38. The van der Waals surface area contributed by atoms with E-state index < -0.39 is 6.17 Å². The van der Waals surface area contributed by atoms with Gasteiger partial charge < -0.3 is 10.2 Å². The van der Waals surface area contributed by atoms with Crippen LogP contribution in [0.1, 0.15) is 17.7 Å². The minimum Gasteiger partial charge on any atom is -0.353 e. The Hall–Kier alpha value is -0.940. The quantitative estimate of drug-likeness (QED) is 0.819. The lowest BCUT2D eigenvalue weighted by Crippen LogP contribution is -2.29. The molecule has 0 aliphatic carbocycles. The standard InChI is InChI=1S/C11H15FN4.ClH/c12-8-2-4-16(6-8)11-9-1-3-13-5-10(9)14-7-15-11;/h7-8,13H,1-6H2;1H/t8-;/m0./s1. The zero-order chi connectivity index (χ0) is 11.0. The Labute approximate surface area is 106 Å². The molecule has 1 aromatic rings. The number of alkyl halides is 1. The third-order valence-corrected chi connectivity index (χ3v) is 3.29. The lowest BCUT2D eigenvalue weighted by Gasteiger charge is -2.24. The first-order valence-electron chi connectivity index (χ1n) is 5.77. The fourth-order valence-corrected chi connectivity index (χ4v) is 2.45. The van der Waals surface area contributed by atoms with Crippen LogP contribution in [-0.4, -0.2) is 35.8 Å². The first-order chi connectivity index (χ1) is 7.84. The van der Waals surface area contributed by atoms with Crippen molar-refractivity contribution in [2.45, 2.75) is 25.6 Å². The molecule has 0 bridgehead atoms. The Morgan fingerprint density at radius 1 is 1.41 bits per heavy atom. The lowest BCUT2D eigenvalue weighted by atomic mass is 10.1. The predicted molar refractivity (Wildman–Crippen MR) is 66.4 cm³/mol. The molecule has 2 aliphatic heterocycles. The summed E-state index contributed by atoms with van der Waals surface area (Å²) >= 11 is 0. The normalized spacial score (nSPS) is 23.1. The van der Waals surface area contributed by atoms with E-state index in [-0.39, 0.29) is 12.4 Å². The summed E-state index contributed by atoms with van der Waals surface area (Å²) < 4.78 is 13.2. The Bertz CT molecular complexity index is 401. The highest BCUT2D eigenvalue weighted by atomic mass is 35.5. The Kier molecular flexibility index (Phi) is 3.79. The molecule has 1 fully saturated rings. The zero-order valence-electron chi connectivity index (χ0n) is 9.53. The van der Waals surface area contributed by atoms with Crippen molar-refractivity contribution in [3.63, 3.8) is 0 Å². The van der Waals surface area contributed by atoms with Gasteiger partial charge in [0, 0.05) is 18.7 Å². The van der Waals surface area contributed by atoms with Crippen molar-refractivity contribution in [1.82, 2.24) is 15.3 Å². The van der Waals surface area contributed by atoms with Crippen molar-refractivity contribution >= 4 is 18.2 Å². The molecular weight excluding hydrogens is 243 g/mol. The number of hydrogen-bond acceptors (Lipinski definition) is 4. The largest absolute Gasteiger partial charge is 0.353 e. The summed E-state index contributed by atoms with van der Waals surface area (Å²) in [6.45, 7) is 3.02. The summed E-state index contributed by atoms with van der Waals surface area (Å²) in [6.07, 6.45) is 2.45. The van der Waals surface area contributed by atoms with Gasteiger partial charge in [-0.3, -0.25) is 0 Å². The van der Waals surface area contributed by atoms with Gasteiger partial charge in [-0.1, -0.05) is 0 Å². The number of rotatable bonds is 1. The van der Waals surface area contributed by atoms with Crippen molar-refractivity contribution in [3.8, 4) is 0 Å². The molecule has 2 aliphatic rings. The van der Waals surface area contributed by atoms with Gasteiger partial charge in [-0.25, -0.2) is 14.4 Å². The number of hydrogen-bond donors (Lipinski definition) is 1. The average molecular weight is 259 g/mol. The molecule has 0 radical (unpaired) electrons. The highest BCUT2D eigenvalue weighted by molar-refractivity contribution is 5.85. The van der Waals surface area contributed by atoms with Crippen LogP contribution in [0.25, 0.3) is 0 Å². The highest BCUT2D eigenvalue weighted by Crippen LogP contribution is 2.26. The van der Waals surface area contributed by atoms with Gasteiger partial charge in [-0.2, -0.15) is 0 Å². The van der Waals surface area contributed by atoms with Crippen LogP contribution in [0, 0.1) is 0 Å². The molecule has 4 nitrogen and oxygen atoms in total. The first-order valence-corrected chi connectivity index (χ1v) is 5.77. The van der Waals surface area contributed by atoms with Gasteiger partial charge in [-0.15, -0.1) is 12.4 Å². The summed E-state index contributed by atoms with van der Waals surface area (Å²) in [7, 11) is 0. The van der Waals surface area contributed by atoms with Crippen LogP contribution in [0.3, 0.4) is 0 Å². The molecular formula is C11H16ClFN4. The van der Waals surface area contributed by atoms with E-state index >= 15 is 0 Å². The number of nitrogens with zero attached hydrogens (tertiary/aromatic N) is 3. The maximum Gasteiger partial charge on any atom is 0.135 e. The van der Waals surface area contributed by atoms with E-state index in [9.17, 15) is 4.39 Å². The summed E-state index contributed by atoms with van der Waals surface area (Å²) in [5.41, 5.74) is 2.27. The van der Waals surface area contributed by atoms with Crippen molar-refractivity contribution in [2.24, 2.45) is 0 Å². The summed E-state index contributed by atoms with van der Waals surface area (Å²) in [6, 6.07) is 0. The van der Waals surface area contributed by atoms with Crippen molar-refractivity contribution < 1.29 is 4.39 Å². The van der Waals surface area contributed by atoms with Crippen LogP contribution in [0.15, 0.2) is 6.33 Å². The van der Waals surface area contributed by atoms with E-state index in [0.29, 0.717) is 13.0 Å². The number of anilines is 1. The molecule has 0 saturated carbocycles. The highest BCUT2D eigenvalue weighted by Gasteiger charge is 2.26. The molecule has 6 heteroatoms. The van der Waals surface area contributed by atoms with Gasteiger partial charge in [0.15, 0.2) is 0 Å². The number of fused-ring (bicyclic) bond motifs is 1. The molecule has 0 unspecified atom stereocenters. The molecule has 1 atom stereocenters. The third-order valence-electron chi connectivity index (χ3n) is 3.29. The summed E-state index contributed by atoms with van der Waals surface area (Å²) in [5.74, 6) is 0.951. The van der Waals surface area contributed by atoms with E-state index in [4.69, 9.17) is 0 Å². The molecule has 0 amide bonds. The van der Waals surface area contributed by atoms with Gasteiger partial charge in [0.05, 0.1) is 12.2 Å². The van der Waals surface area contributed by atoms with Crippen LogP contribution in [0.2, 0.25) is 0 Å². The maximum atomic E-state index is 13.2. The van der Waals surface area contributed by atoms with Crippen molar-refractivity contribution in [2.75, 3.05) is 24.5 Å². The van der Waals surface area contributed by atoms with E-state index in [1.54, 1.807) is 6.33 Å². The van der Waals surface area contributed by atoms with Crippen LogP contribution < -0.4 is 10.2 Å². The van der Waals surface area contributed by atoms with Gasteiger partial charge in [0.1, 0.15) is 18.3 Å². The van der Waals surface area contributed by atoms with E-state index in [1.165, 1.54) is 5.56 Å². The molecule has 0 spiro atoms. The topological polar surface area (TPSA) is 41.1 Å². The molecule has 3 heterocycles. The lowest BCUT2D eigenvalue weighted by molar-refractivity contribution is 0.364. The van der Waals surface area contributed by atoms with E-state index in [0.717, 1.165) is 37.6 Å². The molecule has 3 rings (SSSR count). The zero-order valence-corrected chi connectivity index (χ0v) is 10.3. The fourth-order valence-electron chi connectivity index (χ4n) is 2.45. The summed E-state index contributed by atoms with van der Waals surface area (Å²) in [4.78, 5) is 10.7. The van der Waals surface area contributed by atoms with Gasteiger partial charge in [-0.05, 0) is 19.4 Å². The van der Waals surface area contributed by atoms with Crippen LogP contribution in [0.4, 0.5) is 10.2 Å². The van der Waals surface area contributed by atoms with Crippen LogP contribution in [-0.2, 0) is 13.0 Å². The second kappa shape index (κ2) is 5.14. The van der Waals surface area contributed by atoms with E-state index in [1.807, 2.05) is 0 Å². The number of halogens is 2. The Morgan fingerprint density at radius 2 is 2.29 bits per heavy atom. The number of nitrogens with one attached hydrogen (secondary N) is 1. The van der Waals surface area contributed by atoms with E-state index in [2.05, 4.69) is 20.2 Å². The molecule has 1 saturated heterocycles. The molecule has 1 aromatic heterocycles. The molecule has 0 aromatic carbocycles. The Morgan fingerprint density at radius 3 is 3.06 bits per heavy atom. The molecule has 17 heavy (non-hydrogen) atoms. The molecule has 94 valence electrons. The van der Waals surface area contributed by atoms with Gasteiger partial charge >= 0.3 is 0 Å². The SMILES string of the molecule is Cl.F[C@H]1CCN(c2ncnc3c2CCNC3)C1. The maximum absolute atomic E-state index is 13.2. The minimum atomic E-state index is -0.702. The summed E-state index contributed by atoms with van der Waals surface area (Å²) in [5, 5.41) is 3.28. The average Bonchev–Trinajstić information content (AvgIpc) is 2.75. The molecule has 1 N–H and O–H groups in total. The monoisotopic (exact) mass is 258 g/mol. The Balaban J connectivity index is 0.00000108. The van der Waals surface area contributed by atoms with Crippen LogP contribution in [0.5, 0.6) is 0 Å². The van der Waals surface area contributed by atoms with Crippen molar-refractivity contribution in [1.29, 1.82) is 0 Å². The fraction of sp³-hybridized carbons (Fsp3) is 0.636. The van der Waals surface area contributed by atoms with Gasteiger partial charge in [0.2, 0.25) is 0 Å². The first kappa shape index (κ1) is 12.5. The third kappa shape index (κ3) is 2.35. The second-order valence-corrected chi connectivity index (χ2v) is 4.38. The number of aromatic nitrogens is 2. The predicted octanol–water partition coefficient (Wildman–Crippen LogP) is 1.09. The van der Waals surface area contributed by atoms with Crippen LogP contribution >= 0.6 is 12.4 Å². The van der Waals surface area contributed by atoms with Crippen molar-refractivity contribution in [3.05, 3.63) is 17.6 Å². The van der Waals surface area contributed by atoms with Gasteiger partial charge in [0.25, 0.3) is 0 Å². The minimum absolute atomic E-state index is 0.